The quantitative estimate of drug-likeness (QED) is 0.277. The zero-order valence-electron chi connectivity index (χ0n) is 21.2. The van der Waals surface area contributed by atoms with E-state index in [9.17, 15) is 9.90 Å². The third kappa shape index (κ3) is 4.28. The molecule has 4 aliphatic rings. The van der Waals surface area contributed by atoms with E-state index in [-0.39, 0.29) is 36.1 Å². The van der Waals surface area contributed by atoms with E-state index in [4.69, 9.17) is 25.4 Å². The molecule has 0 aromatic heterocycles. The van der Waals surface area contributed by atoms with E-state index in [1.54, 1.807) is 0 Å². The minimum atomic E-state index is -0.832. The maximum atomic E-state index is 12.0. The Kier molecular flexibility index (Phi) is 6.76. The first-order valence-corrected chi connectivity index (χ1v) is 12.9. The second kappa shape index (κ2) is 9.70. The van der Waals surface area contributed by atoms with Crippen LogP contribution in [0.3, 0.4) is 0 Å². The molecule has 0 bridgehead atoms. The number of fused-ring (bicyclic) bond motifs is 3. The summed E-state index contributed by atoms with van der Waals surface area (Å²) in [6.07, 6.45) is 10.7. The molecule has 2 aliphatic heterocycles. The lowest BCUT2D eigenvalue weighted by Gasteiger charge is -2.62. The summed E-state index contributed by atoms with van der Waals surface area (Å²) < 4.78 is 23.5. The van der Waals surface area contributed by atoms with Crippen LogP contribution in [0.4, 0.5) is 0 Å². The van der Waals surface area contributed by atoms with Crippen molar-refractivity contribution in [2.24, 2.45) is 22.7 Å². The highest BCUT2D eigenvalue weighted by Crippen LogP contribution is 2.63. The first kappa shape index (κ1) is 25.1. The number of hydrogen-bond donors (Lipinski definition) is 1. The van der Waals surface area contributed by atoms with Crippen molar-refractivity contribution in [1.29, 1.82) is 0 Å². The molecule has 0 spiro atoms. The maximum Gasteiger partial charge on any atom is 0.336 e. The molecule has 36 heavy (non-hydrogen) atoms. The van der Waals surface area contributed by atoms with Gasteiger partial charge in [-0.2, -0.15) is 0 Å². The summed E-state index contributed by atoms with van der Waals surface area (Å²) in [5.74, 6) is 3.43. The second-order valence-electron chi connectivity index (χ2n) is 11.2. The number of carbonyl (C=O) groups is 1. The largest absolute Gasteiger partial charge is 0.481 e. The molecule has 6 nitrogen and oxygen atoms in total. The molecule has 7 atom stereocenters. The van der Waals surface area contributed by atoms with Gasteiger partial charge in [-0.25, -0.2) is 4.79 Å². The van der Waals surface area contributed by atoms with Crippen molar-refractivity contribution in [3.8, 4) is 18.1 Å². The number of cyclic esters (lactones) is 1. The number of rotatable bonds is 5. The summed E-state index contributed by atoms with van der Waals surface area (Å²) in [6, 6.07) is 7.74. The van der Waals surface area contributed by atoms with Crippen molar-refractivity contribution in [3.63, 3.8) is 0 Å². The van der Waals surface area contributed by atoms with Gasteiger partial charge in [0.1, 0.15) is 25.1 Å². The Bertz CT molecular complexity index is 1080. The van der Waals surface area contributed by atoms with Crippen LogP contribution >= 0.6 is 0 Å². The molecule has 0 amide bonds. The average molecular weight is 493 g/mol. The van der Waals surface area contributed by atoms with Crippen molar-refractivity contribution in [1.82, 2.24) is 0 Å². The van der Waals surface area contributed by atoms with Crippen LogP contribution in [0, 0.1) is 35.0 Å². The summed E-state index contributed by atoms with van der Waals surface area (Å²) in [6.45, 7) is 10.0. The summed E-state index contributed by atoms with van der Waals surface area (Å²) in [7, 11) is 0. The van der Waals surface area contributed by atoms with E-state index in [2.05, 4.69) is 26.3 Å². The number of hydrogen-bond acceptors (Lipinski definition) is 6. The summed E-state index contributed by atoms with van der Waals surface area (Å²) >= 11 is 0. The van der Waals surface area contributed by atoms with Crippen molar-refractivity contribution >= 4 is 5.97 Å². The van der Waals surface area contributed by atoms with Gasteiger partial charge in [-0.05, 0) is 61.5 Å². The molecule has 192 valence electrons. The molecule has 2 aliphatic carbocycles. The van der Waals surface area contributed by atoms with Gasteiger partial charge in [-0.1, -0.05) is 50.1 Å². The molecule has 1 aromatic carbocycles. The molecular formula is C30H36O6. The van der Waals surface area contributed by atoms with Gasteiger partial charge in [0.2, 0.25) is 0 Å². The molecule has 5 rings (SSSR count). The summed E-state index contributed by atoms with van der Waals surface area (Å²) in [4.78, 5) is 12.0. The van der Waals surface area contributed by atoms with Crippen molar-refractivity contribution in [2.75, 3.05) is 19.8 Å². The number of ether oxygens (including phenoxy) is 4. The first-order chi connectivity index (χ1) is 17.3. The highest BCUT2D eigenvalue weighted by Gasteiger charge is 2.60. The minimum Gasteiger partial charge on any atom is -0.481 e. The van der Waals surface area contributed by atoms with Gasteiger partial charge in [0.05, 0.1) is 18.3 Å². The maximum absolute atomic E-state index is 12.0. The lowest BCUT2D eigenvalue weighted by atomic mass is 9.46. The van der Waals surface area contributed by atoms with E-state index in [0.29, 0.717) is 24.5 Å². The molecule has 2 saturated carbocycles. The number of carbonyl (C=O) groups excluding carboxylic acids is 1. The molecule has 1 aromatic rings. The van der Waals surface area contributed by atoms with Gasteiger partial charge >= 0.3 is 5.97 Å². The Hall–Kier alpha value is -2.59. The lowest BCUT2D eigenvalue weighted by Crippen LogP contribution is -2.60. The minimum absolute atomic E-state index is 0.0146. The van der Waals surface area contributed by atoms with E-state index >= 15 is 0 Å². The first-order valence-electron chi connectivity index (χ1n) is 12.9. The van der Waals surface area contributed by atoms with Crippen LogP contribution in [0.25, 0.3) is 0 Å². The Morgan fingerprint density at radius 1 is 1.25 bits per heavy atom. The van der Waals surface area contributed by atoms with Crippen molar-refractivity contribution in [2.45, 2.75) is 64.4 Å². The summed E-state index contributed by atoms with van der Waals surface area (Å²) in [5.41, 5.74) is 2.49. The van der Waals surface area contributed by atoms with Gasteiger partial charge in [-0.3, -0.25) is 0 Å². The summed E-state index contributed by atoms with van der Waals surface area (Å²) in [5, 5.41) is 10.1. The fraction of sp³-hybridized carbons (Fsp3) is 0.567. The number of benzene rings is 1. The van der Waals surface area contributed by atoms with Crippen LogP contribution < -0.4 is 4.74 Å². The SMILES string of the molecule is C#CCOc1ccc(C2OC[C@@]3(C)C4CCC(=C)[C@@H](C/C=C5/C(=O)OC[C@H]5O)[C@]4(C)CC[C@H]3O2)cc1. The average Bonchev–Trinajstić information content (AvgIpc) is 3.19. The van der Waals surface area contributed by atoms with E-state index in [1.807, 2.05) is 30.3 Å². The monoisotopic (exact) mass is 492 g/mol. The Morgan fingerprint density at radius 3 is 2.72 bits per heavy atom. The van der Waals surface area contributed by atoms with E-state index in [0.717, 1.165) is 37.0 Å². The van der Waals surface area contributed by atoms with Gasteiger partial charge in [0.15, 0.2) is 6.29 Å². The molecule has 4 fully saturated rings. The standard InChI is InChI=1S/C30H36O6/c1-5-16-33-21-9-7-20(8-10-21)28-35-18-30(4)25-13-6-19(2)23(29(25,3)15-14-26(30)36-28)12-11-22-24(31)17-34-27(22)32/h1,7-11,23-26,28,31H,2,6,12-18H2,3-4H3/b22-11+/t23-,24-,25?,26-,28?,29+,30+/m1/s1. The lowest BCUT2D eigenvalue weighted by molar-refractivity contribution is -0.307. The van der Waals surface area contributed by atoms with Gasteiger partial charge < -0.3 is 24.1 Å². The Morgan fingerprint density at radius 2 is 2.03 bits per heavy atom. The van der Waals surface area contributed by atoms with Crippen molar-refractivity contribution in [3.05, 3.63) is 53.6 Å². The van der Waals surface area contributed by atoms with E-state index < -0.39 is 18.4 Å². The fourth-order valence-corrected chi connectivity index (χ4v) is 7.22. The third-order valence-corrected chi connectivity index (χ3v) is 9.16. The van der Waals surface area contributed by atoms with Crippen LogP contribution in [0.1, 0.15) is 57.8 Å². The number of aliphatic hydroxyl groups is 1. The van der Waals surface area contributed by atoms with Gasteiger partial charge in [0, 0.05) is 11.0 Å². The number of allylic oxidation sites excluding steroid dienone is 2. The Labute approximate surface area is 213 Å². The predicted molar refractivity (Wildman–Crippen MR) is 135 cm³/mol. The Balaban J connectivity index is 1.32. The smallest absolute Gasteiger partial charge is 0.336 e. The molecule has 1 N–H and O–H groups in total. The van der Waals surface area contributed by atoms with Crippen molar-refractivity contribution < 1.29 is 28.8 Å². The zero-order valence-corrected chi connectivity index (χ0v) is 21.2. The molecule has 0 radical (unpaired) electrons. The van der Waals surface area contributed by atoms with Gasteiger partial charge in [0.25, 0.3) is 0 Å². The number of aliphatic hydroxyl groups excluding tert-OH is 1. The number of terminal acetylenes is 1. The zero-order chi connectivity index (χ0) is 25.5. The van der Waals surface area contributed by atoms with Crippen LogP contribution in [0.5, 0.6) is 5.75 Å². The predicted octanol–water partition coefficient (Wildman–Crippen LogP) is 4.74. The third-order valence-electron chi connectivity index (χ3n) is 9.16. The normalized spacial score (nSPS) is 39.2. The van der Waals surface area contributed by atoms with Crippen LogP contribution in [-0.2, 0) is 19.0 Å². The highest BCUT2D eigenvalue weighted by molar-refractivity contribution is 5.91. The molecule has 2 unspecified atom stereocenters. The van der Waals surface area contributed by atoms with Gasteiger partial charge in [-0.15, -0.1) is 6.42 Å². The molecule has 2 heterocycles. The van der Waals surface area contributed by atoms with Crippen LogP contribution in [-0.4, -0.2) is 43.1 Å². The fourth-order valence-electron chi connectivity index (χ4n) is 7.22. The number of esters is 1. The van der Waals surface area contributed by atoms with Crippen LogP contribution in [0.15, 0.2) is 48.1 Å². The molecule has 6 heteroatoms. The molecule has 2 saturated heterocycles. The van der Waals surface area contributed by atoms with E-state index in [1.165, 1.54) is 5.57 Å². The van der Waals surface area contributed by atoms with Crippen LogP contribution in [0.2, 0.25) is 0 Å². The molecular weight excluding hydrogens is 456 g/mol. The highest BCUT2D eigenvalue weighted by atomic mass is 16.7. The topological polar surface area (TPSA) is 74.2 Å². The second-order valence-corrected chi connectivity index (χ2v) is 11.2.